The summed E-state index contributed by atoms with van der Waals surface area (Å²) in [6, 6.07) is 4.80. The molecule has 0 saturated carbocycles. The first-order valence-electron chi connectivity index (χ1n) is 6.18. The number of carboxylic acid groups (broad SMARTS) is 1. The van der Waals surface area contributed by atoms with Crippen molar-refractivity contribution in [2.45, 2.75) is 6.54 Å². The fraction of sp³-hybridized carbons (Fsp3) is 0.143. The van der Waals surface area contributed by atoms with E-state index in [1.165, 1.54) is 18.3 Å². The lowest BCUT2D eigenvalue weighted by atomic mass is 10.2. The van der Waals surface area contributed by atoms with Crippen LogP contribution in [0.1, 0.15) is 21.7 Å². The number of carboxylic acids is 1. The number of carbonyl (C=O) groups is 2. The molecule has 0 unspecified atom stereocenters. The summed E-state index contributed by atoms with van der Waals surface area (Å²) < 4.78 is 1.65. The van der Waals surface area contributed by atoms with Crippen LogP contribution in [0.25, 0.3) is 6.08 Å². The van der Waals surface area contributed by atoms with Crippen molar-refractivity contribution in [1.82, 2.24) is 20.1 Å². The Labute approximate surface area is 120 Å². The molecule has 21 heavy (non-hydrogen) atoms. The molecule has 0 saturated heterocycles. The molecule has 2 heterocycles. The van der Waals surface area contributed by atoms with Gasteiger partial charge in [-0.15, -0.1) is 0 Å². The number of amides is 1. The van der Waals surface area contributed by atoms with Crippen LogP contribution >= 0.6 is 0 Å². The van der Waals surface area contributed by atoms with E-state index in [4.69, 9.17) is 5.11 Å². The summed E-state index contributed by atoms with van der Waals surface area (Å²) in [5.74, 6) is -1.33. The van der Waals surface area contributed by atoms with Crippen LogP contribution in [0.2, 0.25) is 0 Å². The van der Waals surface area contributed by atoms with Gasteiger partial charge in [0.25, 0.3) is 0 Å². The topological polar surface area (TPSA) is 97.1 Å². The van der Waals surface area contributed by atoms with Gasteiger partial charge in [0, 0.05) is 32.1 Å². The normalized spacial score (nSPS) is 10.7. The van der Waals surface area contributed by atoms with E-state index >= 15 is 0 Å². The molecule has 108 valence electrons. The molecule has 0 radical (unpaired) electrons. The molecule has 1 amide bonds. The predicted molar refractivity (Wildman–Crippen MR) is 75.3 cm³/mol. The summed E-state index contributed by atoms with van der Waals surface area (Å²) in [4.78, 5) is 26.1. The summed E-state index contributed by atoms with van der Waals surface area (Å²) in [5.41, 5.74) is 1.51. The minimum Gasteiger partial charge on any atom is -0.477 e. The van der Waals surface area contributed by atoms with Crippen LogP contribution in [0.4, 0.5) is 0 Å². The number of nitrogens with zero attached hydrogens (tertiary/aromatic N) is 3. The van der Waals surface area contributed by atoms with E-state index in [1.807, 2.05) is 0 Å². The molecule has 0 aliphatic heterocycles. The molecule has 0 fully saturated rings. The summed E-state index contributed by atoms with van der Waals surface area (Å²) in [6.45, 7) is 0.279. The van der Waals surface area contributed by atoms with E-state index in [-0.39, 0.29) is 18.1 Å². The Hall–Kier alpha value is -2.96. The van der Waals surface area contributed by atoms with Crippen molar-refractivity contribution in [3.05, 3.63) is 53.6 Å². The number of hydrogen-bond acceptors (Lipinski definition) is 4. The number of aryl methyl sites for hydroxylation is 1. The maximum Gasteiger partial charge on any atom is 0.354 e. The van der Waals surface area contributed by atoms with E-state index in [1.54, 1.807) is 36.1 Å². The number of aromatic carboxylic acids is 1. The number of hydrogen-bond donors (Lipinski definition) is 2. The average Bonchev–Trinajstić information content (AvgIpc) is 2.88. The third-order valence-corrected chi connectivity index (χ3v) is 2.77. The molecule has 0 spiro atoms. The molecule has 0 atom stereocenters. The van der Waals surface area contributed by atoms with Gasteiger partial charge in [0.05, 0.1) is 5.69 Å². The number of carbonyl (C=O) groups excluding carboxylic acids is 1. The SMILES string of the molecule is Cn1nccc1/C=C/C(=O)NCc1ccc(C(=O)O)nc1. The zero-order chi connectivity index (χ0) is 15.2. The highest BCUT2D eigenvalue weighted by atomic mass is 16.4. The molecule has 0 bridgehead atoms. The molecular weight excluding hydrogens is 272 g/mol. The van der Waals surface area contributed by atoms with Crippen LogP contribution in [0, 0.1) is 0 Å². The van der Waals surface area contributed by atoms with Gasteiger partial charge in [0.1, 0.15) is 5.69 Å². The average molecular weight is 286 g/mol. The largest absolute Gasteiger partial charge is 0.477 e. The van der Waals surface area contributed by atoms with Gasteiger partial charge in [-0.3, -0.25) is 9.48 Å². The third-order valence-electron chi connectivity index (χ3n) is 2.77. The van der Waals surface area contributed by atoms with Gasteiger partial charge in [-0.25, -0.2) is 9.78 Å². The molecular formula is C14H14N4O3. The highest BCUT2D eigenvalue weighted by Crippen LogP contribution is 2.01. The van der Waals surface area contributed by atoms with Gasteiger partial charge in [-0.1, -0.05) is 6.07 Å². The Bertz CT molecular complexity index is 674. The first-order valence-corrected chi connectivity index (χ1v) is 6.18. The van der Waals surface area contributed by atoms with Crippen molar-refractivity contribution in [1.29, 1.82) is 0 Å². The smallest absolute Gasteiger partial charge is 0.354 e. The summed E-state index contributed by atoms with van der Waals surface area (Å²) >= 11 is 0. The molecule has 2 aromatic rings. The lowest BCUT2D eigenvalue weighted by Gasteiger charge is -2.02. The first kappa shape index (κ1) is 14.4. The highest BCUT2D eigenvalue weighted by Gasteiger charge is 2.04. The molecule has 0 aliphatic rings. The zero-order valence-corrected chi connectivity index (χ0v) is 11.4. The monoisotopic (exact) mass is 286 g/mol. The second-order valence-corrected chi connectivity index (χ2v) is 4.29. The maximum absolute atomic E-state index is 11.7. The van der Waals surface area contributed by atoms with Gasteiger partial charge >= 0.3 is 5.97 Å². The van der Waals surface area contributed by atoms with Crippen LogP contribution in [-0.4, -0.2) is 31.7 Å². The maximum atomic E-state index is 11.7. The Kier molecular flexibility index (Phi) is 4.45. The van der Waals surface area contributed by atoms with Crippen molar-refractivity contribution in [3.63, 3.8) is 0 Å². The number of nitrogens with one attached hydrogen (secondary N) is 1. The van der Waals surface area contributed by atoms with Crippen molar-refractivity contribution in [3.8, 4) is 0 Å². The van der Waals surface area contributed by atoms with Crippen molar-refractivity contribution < 1.29 is 14.7 Å². The van der Waals surface area contributed by atoms with E-state index in [0.29, 0.717) is 0 Å². The molecule has 0 aliphatic carbocycles. The Balaban J connectivity index is 1.88. The van der Waals surface area contributed by atoms with Gasteiger partial charge in [-0.2, -0.15) is 5.10 Å². The van der Waals surface area contributed by atoms with E-state index < -0.39 is 5.97 Å². The fourth-order valence-corrected chi connectivity index (χ4v) is 1.61. The van der Waals surface area contributed by atoms with E-state index in [9.17, 15) is 9.59 Å². The minimum atomic E-state index is -1.08. The van der Waals surface area contributed by atoms with E-state index in [2.05, 4.69) is 15.4 Å². The molecule has 0 aromatic carbocycles. The molecule has 2 N–H and O–H groups in total. The van der Waals surface area contributed by atoms with Crippen LogP contribution < -0.4 is 5.32 Å². The van der Waals surface area contributed by atoms with Gasteiger partial charge < -0.3 is 10.4 Å². The number of rotatable bonds is 5. The minimum absolute atomic E-state index is 0.0267. The summed E-state index contributed by atoms with van der Waals surface area (Å²) in [7, 11) is 1.78. The predicted octanol–water partition coefficient (Wildman–Crippen LogP) is 0.843. The third kappa shape index (κ3) is 4.00. The Morgan fingerprint density at radius 2 is 2.19 bits per heavy atom. The second kappa shape index (κ2) is 6.47. The van der Waals surface area contributed by atoms with Crippen LogP contribution in [0.15, 0.2) is 36.7 Å². The fourth-order valence-electron chi connectivity index (χ4n) is 1.61. The molecule has 2 rings (SSSR count). The quantitative estimate of drug-likeness (QED) is 0.794. The zero-order valence-electron chi connectivity index (χ0n) is 11.4. The molecule has 7 nitrogen and oxygen atoms in total. The lowest BCUT2D eigenvalue weighted by Crippen LogP contribution is -2.20. The summed E-state index contributed by atoms with van der Waals surface area (Å²) in [6.07, 6.45) is 6.14. The van der Waals surface area contributed by atoms with Gasteiger partial charge in [0.2, 0.25) is 5.91 Å². The van der Waals surface area contributed by atoms with Crippen LogP contribution in [-0.2, 0) is 18.4 Å². The van der Waals surface area contributed by atoms with Crippen molar-refractivity contribution >= 4 is 18.0 Å². The van der Waals surface area contributed by atoms with Crippen molar-refractivity contribution in [2.75, 3.05) is 0 Å². The van der Waals surface area contributed by atoms with Crippen molar-refractivity contribution in [2.24, 2.45) is 7.05 Å². The Morgan fingerprint density at radius 1 is 1.38 bits per heavy atom. The first-order chi connectivity index (χ1) is 10.1. The highest BCUT2D eigenvalue weighted by molar-refractivity contribution is 5.91. The van der Waals surface area contributed by atoms with Gasteiger partial charge in [-0.05, 0) is 23.8 Å². The van der Waals surface area contributed by atoms with E-state index in [0.717, 1.165) is 11.3 Å². The Morgan fingerprint density at radius 3 is 2.76 bits per heavy atom. The summed E-state index contributed by atoms with van der Waals surface area (Å²) in [5, 5.41) is 15.4. The number of pyridine rings is 1. The van der Waals surface area contributed by atoms with Crippen LogP contribution in [0.3, 0.4) is 0 Å². The van der Waals surface area contributed by atoms with Crippen LogP contribution in [0.5, 0.6) is 0 Å². The second-order valence-electron chi connectivity index (χ2n) is 4.29. The standard InChI is InChI=1S/C14H14N4O3/c1-18-11(6-7-17-18)3-5-13(19)16-9-10-2-4-12(14(20)21)15-8-10/h2-8H,9H2,1H3,(H,16,19)(H,20,21)/b5-3+. The number of aromatic nitrogens is 3. The van der Waals surface area contributed by atoms with Gasteiger partial charge in [0.15, 0.2) is 0 Å². The lowest BCUT2D eigenvalue weighted by molar-refractivity contribution is -0.116. The molecule has 2 aromatic heterocycles. The molecule has 7 heteroatoms.